The summed E-state index contributed by atoms with van der Waals surface area (Å²) in [7, 11) is 0. The number of aromatic nitrogens is 2. The molecular weight excluding hydrogens is 234 g/mol. The number of nitrogens with one attached hydrogen (secondary N) is 2. The van der Waals surface area contributed by atoms with Crippen molar-refractivity contribution in [3.05, 3.63) is 18.5 Å². The molecule has 18 heavy (non-hydrogen) atoms. The minimum Gasteiger partial charge on any atom is -0.345 e. The molecule has 0 atom stereocenters. The van der Waals surface area contributed by atoms with Gasteiger partial charge in [-0.15, -0.1) is 0 Å². The van der Waals surface area contributed by atoms with Crippen molar-refractivity contribution >= 4 is 11.8 Å². The molecule has 0 bridgehead atoms. The molecule has 1 aromatic rings. The standard InChI is InChI=1S/C11H17N5O2/c17-10(9-16-5-1-2-14-16)13-8-11(18)15-6-3-12-4-7-15/h1-2,5,12H,3-4,6-9H2,(H,13,17). The summed E-state index contributed by atoms with van der Waals surface area (Å²) in [5, 5.41) is 9.70. The van der Waals surface area contributed by atoms with Gasteiger partial charge in [-0.05, 0) is 6.07 Å². The first-order chi connectivity index (χ1) is 8.75. The summed E-state index contributed by atoms with van der Waals surface area (Å²) in [4.78, 5) is 25.1. The SMILES string of the molecule is O=C(Cn1cccn1)NCC(=O)N1CCNCC1. The van der Waals surface area contributed by atoms with Crippen LogP contribution in [0.3, 0.4) is 0 Å². The van der Waals surface area contributed by atoms with E-state index >= 15 is 0 Å². The van der Waals surface area contributed by atoms with Crippen LogP contribution in [0.5, 0.6) is 0 Å². The monoisotopic (exact) mass is 251 g/mol. The summed E-state index contributed by atoms with van der Waals surface area (Å²) in [6, 6.07) is 1.75. The van der Waals surface area contributed by atoms with Crippen LogP contribution in [0.1, 0.15) is 0 Å². The Kier molecular flexibility index (Phi) is 4.30. The van der Waals surface area contributed by atoms with Crippen molar-refractivity contribution in [3.63, 3.8) is 0 Å². The highest BCUT2D eigenvalue weighted by Gasteiger charge is 2.16. The Hall–Kier alpha value is -1.89. The Morgan fingerprint density at radius 2 is 2.11 bits per heavy atom. The third kappa shape index (κ3) is 3.56. The lowest BCUT2D eigenvalue weighted by Gasteiger charge is -2.27. The normalized spacial score (nSPS) is 15.4. The summed E-state index contributed by atoms with van der Waals surface area (Å²) in [6.45, 7) is 3.23. The molecule has 0 saturated carbocycles. The van der Waals surface area contributed by atoms with E-state index < -0.39 is 0 Å². The summed E-state index contributed by atoms with van der Waals surface area (Å²) in [5.74, 6) is -0.243. The van der Waals surface area contributed by atoms with Gasteiger partial charge in [0.15, 0.2) is 0 Å². The number of hydrogen-bond donors (Lipinski definition) is 2. The quantitative estimate of drug-likeness (QED) is 0.677. The molecule has 0 aliphatic carbocycles. The molecule has 2 heterocycles. The first-order valence-corrected chi connectivity index (χ1v) is 5.98. The topological polar surface area (TPSA) is 79.3 Å². The molecule has 0 unspecified atom stereocenters. The molecule has 1 aliphatic rings. The molecule has 1 aliphatic heterocycles. The van der Waals surface area contributed by atoms with Gasteiger partial charge in [0, 0.05) is 38.6 Å². The third-order valence-electron chi connectivity index (χ3n) is 2.77. The maximum Gasteiger partial charge on any atom is 0.242 e. The Bertz CT molecular complexity index is 398. The molecule has 1 saturated heterocycles. The van der Waals surface area contributed by atoms with Gasteiger partial charge >= 0.3 is 0 Å². The van der Waals surface area contributed by atoms with Crippen molar-refractivity contribution in [2.45, 2.75) is 6.54 Å². The predicted octanol–water partition coefficient (Wildman–Crippen LogP) is -1.57. The van der Waals surface area contributed by atoms with Crippen LogP contribution in [-0.2, 0) is 16.1 Å². The minimum absolute atomic E-state index is 0.0367. The van der Waals surface area contributed by atoms with E-state index in [1.165, 1.54) is 4.68 Å². The van der Waals surface area contributed by atoms with Gasteiger partial charge in [0.1, 0.15) is 6.54 Å². The fourth-order valence-corrected chi connectivity index (χ4v) is 1.80. The second kappa shape index (κ2) is 6.15. The first kappa shape index (κ1) is 12.6. The van der Waals surface area contributed by atoms with E-state index in [1.807, 2.05) is 0 Å². The van der Waals surface area contributed by atoms with Crippen LogP contribution in [0.4, 0.5) is 0 Å². The molecule has 1 aromatic heterocycles. The van der Waals surface area contributed by atoms with E-state index in [2.05, 4.69) is 15.7 Å². The van der Waals surface area contributed by atoms with E-state index in [0.717, 1.165) is 13.1 Å². The Labute approximate surface area is 105 Å². The lowest BCUT2D eigenvalue weighted by atomic mass is 10.3. The lowest BCUT2D eigenvalue weighted by molar-refractivity contribution is -0.133. The fourth-order valence-electron chi connectivity index (χ4n) is 1.80. The zero-order chi connectivity index (χ0) is 12.8. The van der Waals surface area contributed by atoms with Crippen molar-refractivity contribution in [1.82, 2.24) is 25.3 Å². The number of carbonyl (C=O) groups is 2. The predicted molar refractivity (Wildman–Crippen MR) is 64.7 cm³/mol. The number of rotatable bonds is 4. The van der Waals surface area contributed by atoms with Crippen LogP contribution >= 0.6 is 0 Å². The number of carbonyl (C=O) groups excluding carboxylic acids is 2. The molecule has 0 radical (unpaired) electrons. The molecule has 7 heteroatoms. The summed E-state index contributed by atoms with van der Waals surface area (Å²) in [6.07, 6.45) is 3.32. The average Bonchev–Trinajstić information content (AvgIpc) is 2.90. The maximum absolute atomic E-state index is 11.8. The maximum atomic E-state index is 11.8. The van der Waals surface area contributed by atoms with Gasteiger partial charge in [0.2, 0.25) is 11.8 Å². The average molecular weight is 251 g/mol. The number of piperazine rings is 1. The van der Waals surface area contributed by atoms with Gasteiger partial charge in [-0.2, -0.15) is 5.10 Å². The third-order valence-corrected chi connectivity index (χ3v) is 2.77. The molecule has 98 valence electrons. The Balaban J connectivity index is 1.70. The van der Waals surface area contributed by atoms with Crippen LogP contribution in [0.2, 0.25) is 0 Å². The van der Waals surface area contributed by atoms with Crippen LogP contribution < -0.4 is 10.6 Å². The van der Waals surface area contributed by atoms with E-state index in [0.29, 0.717) is 13.1 Å². The van der Waals surface area contributed by atoms with Gasteiger partial charge in [-0.3, -0.25) is 14.3 Å². The summed E-state index contributed by atoms with van der Waals surface area (Å²) < 4.78 is 1.52. The molecule has 0 aromatic carbocycles. The van der Waals surface area contributed by atoms with Gasteiger partial charge in [0.25, 0.3) is 0 Å². The van der Waals surface area contributed by atoms with Crippen LogP contribution in [0, 0.1) is 0 Å². The van der Waals surface area contributed by atoms with Crippen LogP contribution in [0.15, 0.2) is 18.5 Å². The van der Waals surface area contributed by atoms with Crippen LogP contribution in [0.25, 0.3) is 0 Å². The molecule has 2 N–H and O–H groups in total. The zero-order valence-corrected chi connectivity index (χ0v) is 10.1. The van der Waals surface area contributed by atoms with E-state index in [9.17, 15) is 9.59 Å². The fraction of sp³-hybridized carbons (Fsp3) is 0.545. The Morgan fingerprint density at radius 1 is 1.33 bits per heavy atom. The zero-order valence-electron chi connectivity index (χ0n) is 10.1. The van der Waals surface area contributed by atoms with E-state index in [-0.39, 0.29) is 24.9 Å². The molecule has 2 rings (SSSR count). The molecule has 7 nitrogen and oxygen atoms in total. The van der Waals surface area contributed by atoms with Crippen molar-refractivity contribution in [3.8, 4) is 0 Å². The van der Waals surface area contributed by atoms with Gasteiger partial charge < -0.3 is 15.5 Å². The number of hydrogen-bond acceptors (Lipinski definition) is 4. The summed E-state index contributed by atoms with van der Waals surface area (Å²) >= 11 is 0. The number of amides is 2. The second-order valence-corrected chi connectivity index (χ2v) is 4.11. The summed E-state index contributed by atoms with van der Waals surface area (Å²) in [5.41, 5.74) is 0. The minimum atomic E-state index is -0.206. The Morgan fingerprint density at radius 3 is 2.78 bits per heavy atom. The van der Waals surface area contributed by atoms with E-state index in [1.54, 1.807) is 23.4 Å². The largest absolute Gasteiger partial charge is 0.345 e. The van der Waals surface area contributed by atoms with Gasteiger partial charge in [-0.25, -0.2) is 0 Å². The lowest BCUT2D eigenvalue weighted by Crippen LogP contribution is -2.49. The van der Waals surface area contributed by atoms with Crippen molar-refractivity contribution in [1.29, 1.82) is 0 Å². The molecule has 1 fully saturated rings. The van der Waals surface area contributed by atoms with Gasteiger partial charge in [-0.1, -0.05) is 0 Å². The van der Waals surface area contributed by atoms with Crippen molar-refractivity contribution in [2.24, 2.45) is 0 Å². The van der Waals surface area contributed by atoms with Crippen molar-refractivity contribution in [2.75, 3.05) is 32.7 Å². The highest BCUT2D eigenvalue weighted by atomic mass is 16.2. The first-order valence-electron chi connectivity index (χ1n) is 5.98. The molecular formula is C11H17N5O2. The van der Waals surface area contributed by atoms with Crippen molar-refractivity contribution < 1.29 is 9.59 Å². The van der Waals surface area contributed by atoms with Crippen LogP contribution in [-0.4, -0.2) is 59.2 Å². The molecule has 0 spiro atoms. The second-order valence-electron chi connectivity index (χ2n) is 4.11. The molecule has 2 amide bonds. The van der Waals surface area contributed by atoms with Gasteiger partial charge in [0.05, 0.1) is 6.54 Å². The highest BCUT2D eigenvalue weighted by molar-refractivity contribution is 5.84. The smallest absolute Gasteiger partial charge is 0.242 e. The van der Waals surface area contributed by atoms with E-state index in [4.69, 9.17) is 0 Å². The highest BCUT2D eigenvalue weighted by Crippen LogP contribution is 1.92. The number of nitrogens with zero attached hydrogens (tertiary/aromatic N) is 3.